The van der Waals surface area contributed by atoms with Crippen LogP contribution in [0.4, 0.5) is 9.28 Å². The number of unbranched alkanes of at least 4 members (excludes halogenated alkanes) is 1. The van der Waals surface area contributed by atoms with Crippen LogP contribution < -0.4 is 10.9 Å². The van der Waals surface area contributed by atoms with Crippen molar-refractivity contribution in [3.63, 3.8) is 0 Å². The average Bonchev–Trinajstić information content (AvgIpc) is 2.19. The van der Waals surface area contributed by atoms with Gasteiger partial charge in [0.1, 0.15) is 11.6 Å². The van der Waals surface area contributed by atoms with E-state index in [1.54, 1.807) is 20.8 Å². The number of hydrogen-bond acceptors (Lipinski definition) is 4. The van der Waals surface area contributed by atoms with Gasteiger partial charge in [-0.1, -0.05) is 0 Å². The summed E-state index contributed by atoms with van der Waals surface area (Å²) < 4.78 is 16.6. The van der Waals surface area contributed by atoms with Crippen molar-refractivity contribution >= 4 is 12.1 Å². The minimum Gasteiger partial charge on any atom is -0.480 e. The van der Waals surface area contributed by atoms with Gasteiger partial charge in [0.05, 0.1) is 0 Å². The average molecular weight is 264 g/mol. The third-order valence-corrected chi connectivity index (χ3v) is 2.00. The van der Waals surface area contributed by atoms with E-state index in [1.807, 2.05) is 0 Å². The zero-order chi connectivity index (χ0) is 14.2. The molecule has 0 spiro atoms. The predicted octanol–water partition coefficient (Wildman–Crippen LogP) is 1.61. The lowest BCUT2D eigenvalue weighted by Crippen LogP contribution is -2.43. The molecule has 0 bridgehead atoms. The molecule has 0 rings (SSSR count). The lowest BCUT2D eigenvalue weighted by Gasteiger charge is -2.21. The highest BCUT2D eigenvalue weighted by atomic mass is 19.2. The highest BCUT2D eigenvalue weighted by Crippen LogP contribution is 2.08. The molecule has 0 saturated heterocycles. The Labute approximate surface area is 106 Å². The number of aliphatic carboxylic acids is 1. The number of ether oxygens (including phenoxy) is 1. The maximum Gasteiger partial charge on any atom is 0.408 e. The van der Waals surface area contributed by atoms with E-state index < -0.39 is 23.7 Å². The van der Waals surface area contributed by atoms with Crippen molar-refractivity contribution in [2.24, 2.45) is 0 Å². The van der Waals surface area contributed by atoms with Crippen LogP contribution in [0, 0.1) is 0 Å². The molecular formula is C11H21FN2O4. The lowest BCUT2D eigenvalue weighted by atomic mass is 10.1. The van der Waals surface area contributed by atoms with Gasteiger partial charge < -0.3 is 15.2 Å². The first-order valence-electron chi connectivity index (χ1n) is 5.82. The van der Waals surface area contributed by atoms with Crippen molar-refractivity contribution in [3.8, 4) is 0 Å². The minimum absolute atomic E-state index is 0.165. The van der Waals surface area contributed by atoms with E-state index in [-0.39, 0.29) is 13.0 Å². The largest absolute Gasteiger partial charge is 0.480 e. The van der Waals surface area contributed by atoms with Crippen LogP contribution in [-0.2, 0) is 9.53 Å². The van der Waals surface area contributed by atoms with Gasteiger partial charge in [0.2, 0.25) is 0 Å². The van der Waals surface area contributed by atoms with E-state index in [2.05, 4.69) is 5.32 Å². The van der Waals surface area contributed by atoms with E-state index in [4.69, 9.17) is 9.84 Å². The molecule has 0 fully saturated rings. The zero-order valence-electron chi connectivity index (χ0n) is 11.0. The number of carboxylic acid groups (broad SMARTS) is 1. The maximum atomic E-state index is 11.6. The summed E-state index contributed by atoms with van der Waals surface area (Å²) in [5.41, 5.74) is 0.808. The summed E-state index contributed by atoms with van der Waals surface area (Å²) in [6, 6.07) is -1.01. The quantitative estimate of drug-likeness (QED) is 0.480. The van der Waals surface area contributed by atoms with Gasteiger partial charge in [-0.05, 0) is 40.0 Å². The van der Waals surface area contributed by atoms with Crippen molar-refractivity contribution < 1.29 is 23.9 Å². The number of carbonyl (C=O) groups is 2. The Morgan fingerprint density at radius 3 is 2.39 bits per heavy atom. The normalized spacial score (nSPS) is 12.9. The molecule has 0 aliphatic carbocycles. The molecule has 0 radical (unpaired) electrons. The van der Waals surface area contributed by atoms with E-state index in [1.165, 1.54) is 5.54 Å². The summed E-state index contributed by atoms with van der Waals surface area (Å²) in [5, 5.41) is 11.2. The van der Waals surface area contributed by atoms with Gasteiger partial charge in [-0.15, -0.1) is 4.48 Å². The first-order valence-corrected chi connectivity index (χ1v) is 5.82. The van der Waals surface area contributed by atoms with Gasteiger partial charge in [-0.25, -0.2) is 9.59 Å². The summed E-state index contributed by atoms with van der Waals surface area (Å²) in [4.78, 5) is 22.3. The van der Waals surface area contributed by atoms with Crippen LogP contribution in [0.5, 0.6) is 0 Å². The number of carbonyl (C=O) groups excluding carboxylic acids is 1. The molecule has 1 amide bonds. The smallest absolute Gasteiger partial charge is 0.408 e. The molecule has 0 aromatic rings. The number of halogens is 1. The Morgan fingerprint density at radius 2 is 1.94 bits per heavy atom. The number of nitrogens with one attached hydrogen (secondary N) is 2. The number of amides is 1. The Hall–Kier alpha value is -1.37. The SMILES string of the molecule is CC(C)(C)OC(=O)NC(CCCCNF)C(=O)O. The molecule has 0 aromatic heterocycles. The summed E-state index contributed by atoms with van der Waals surface area (Å²) >= 11 is 0. The van der Waals surface area contributed by atoms with Crippen LogP contribution in [0.25, 0.3) is 0 Å². The van der Waals surface area contributed by atoms with Crippen LogP contribution in [0.1, 0.15) is 40.0 Å². The fourth-order valence-electron chi connectivity index (χ4n) is 1.25. The second-order valence-electron chi connectivity index (χ2n) is 4.92. The number of alkyl carbamates (subject to hydrolysis) is 1. The first-order chi connectivity index (χ1) is 8.26. The second kappa shape index (κ2) is 7.86. The molecule has 0 aliphatic rings. The fraction of sp³-hybridized carbons (Fsp3) is 0.818. The third-order valence-electron chi connectivity index (χ3n) is 2.00. The molecule has 3 N–H and O–H groups in total. The number of hydrogen-bond donors (Lipinski definition) is 3. The molecular weight excluding hydrogens is 243 g/mol. The van der Waals surface area contributed by atoms with Crippen molar-refractivity contribution in [1.29, 1.82) is 0 Å². The van der Waals surface area contributed by atoms with Crippen LogP contribution in [-0.4, -0.2) is 35.4 Å². The molecule has 0 saturated carbocycles. The monoisotopic (exact) mass is 264 g/mol. The van der Waals surface area contributed by atoms with Crippen molar-refractivity contribution in [3.05, 3.63) is 0 Å². The summed E-state index contributed by atoms with van der Waals surface area (Å²) in [6.07, 6.45) is 0.453. The fourth-order valence-corrected chi connectivity index (χ4v) is 1.25. The Balaban J connectivity index is 4.11. The van der Waals surface area contributed by atoms with Gasteiger partial charge in [0, 0.05) is 6.54 Å². The second-order valence-corrected chi connectivity index (χ2v) is 4.92. The maximum absolute atomic E-state index is 11.6. The number of carboxylic acids is 1. The lowest BCUT2D eigenvalue weighted by molar-refractivity contribution is -0.139. The Morgan fingerprint density at radius 1 is 1.33 bits per heavy atom. The van der Waals surface area contributed by atoms with Crippen molar-refractivity contribution in [1.82, 2.24) is 10.9 Å². The van der Waals surface area contributed by atoms with Gasteiger partial charge in [-0.3, -0.25) is 0 Å². The molecule has 6 nitrogen and oxygen atoms in total. The van der Waals surface area contributed by atoms with Crippen LogP contribution in [0.2, 0.25) is 0 Å². The summed E-state index contributed by atoms with van der Waals surface area (Å²) in [5.74, 6) is -1.13. The Kier molecular flexibility index (Phi) is 7.26. The van der Waals surface area contributed by atoms with E-state index in [9.17, 15) is 14.1 Å². The van der Waals surface area contributed by atoms with Crippen LogP contribution >= 0.6 is 0 Å². The van der Waals surface area contributed by atoms with Gasteiger partial charge in [0.15, 0.2) is 0 Å². The van der Waals surface area contributed by atoms with Gasteiger partial charge >= 0.3 is 12.1 Å². The first kappa shape index (κ1) is 16.6. The molecule has 0 aliphatic heterocycles. The topological polar surface area (TPSA) is 87.7 Å². The highest BCUT2D eigenvalue weighted by molar-refractivity contribution is 5.79. The summed E-state index contributed by atoms with van der Waals surface area (Å²) in [7, 11) is 0. The van der Waals surface area contributed by atoms with Gasteiger partial charge in [-0.2, -0.15) is 5.54 Å². The van der Waals surface area contributed by atoms with Gasteiger partial charge in [0.25, 0.3) is 0 Å². The molecule has 0 heterocycles. The molecule has 18 heavy (non-hydrogen) atoms. The van der Waals surface area contributed by atoms with E-state index in [0.29, 0.717) is 12.8 Å². The third kappa shape index (κ3) is 8.74. The van der Waals surface area contributed by atoms with Crippen LogP contribution in [0.3, 0.4) is 0 Å². The predicted molar refractivity (Wildman–Crippen MR) is 63.8 cm³/mol. The number of rotatable bonds is 7. The minimum atomic E-state index is -1.13. The Bertz CT molecular complexity index is 279. The van der Waals surface area contributed by atoms with E-state index >= 15 is 0 Å². The molecule has 7 heteroatoms. The standard InChI is InChI=1S/C11H21FN2O4/c1-11(2,3)18-10(17)14-8(9(15)16)6-4-5-7-13-12/h8,13H,4-7H2,1-3H3,(H,14,17)(H,15,16). The van der Waals surface area contributed by atoms with Crippen LogP contribution in [0.15, 0.2) is 0 Å². The zero-order valence-corrected chi connectivity index (χ0v) is 11.0. The van der Waals surface area contributed by atoms with E-state index in [0.717, 1.165) is 0 Å². The van der Waals surface area contributed by atoms with Crippen molar-refractivity contribution in [2.45, 2.75) is 51.7 Å². The molecule has 1 unspecified atom stereocenters. The van der Waals surface area contributed by atoms with Crippen molar-refractivity contribution in [2.75, 3.05) is 6.54 Å². The highest BCUT2D eigenvalue weighted by Gasteiger charge is 2.23. The molecule has 0 aromatic carbocycles. The molecule has 1 atom stereocenters. The summed E-state index contributed by atoms with van der Waals surface area (Å²) in [6.45, 7) is 5.23. The molecule has 106 valence electrons.